The SMILES string of the molecule is CC(=O)N[C@H]1CCCN(C(=O)CNc2ccc(-n3cccn3)cc2)C1. The van der Waals surface area contributed by atoms with Gasteiger partial charge in [0.2, 0.25) is 11.8 Å². The topological polar surface area (TPSA) is 79.3 Å². The minimum Gasteiger partial charge on any atom is -0.376 e. The number of aromatic nitrogens is 2. The van der Waals surface area contributed by atoms with Crippen molar-refractivity contribution in [3.63, 3.8) is 0 Å². The number of nitrogens with one attached hydrogen (secondary N) is 2. The molecule has 0 aliphatic carbocycles. The maximum absolute atomic E-state index is 12.4. The number of likely N-dealkylation sites (tertiary alicyclic amines) is 1. The van der Waals surface area contributed by atoms with E-state index in [4.69, 9.17) is 0 Å². The monoisotopic (exact) mass is 341 g/mol. The van der Waals surface area contributed by atoms with Crippen molar-refractivity contribution in [2.75, 3.05) is 25.0 Å². The van der Waals surface area contributed by atoms with Crippen LogP contribution in [0.2, 0.25) is 0 Å². The third-order valence-corrected chi connectivity index (χ3v) is 4.26. The molecule has 1 aliphatic rings. The van der Waals surface area contributed by atoms with Gasteiger partial charge in [0.25, 0.3) is 0 Å². The van der Waals surface area contributed by atoms with Crippen molar-refractivity contribution in [1.29, 1.82) is 0 Å². The second-order valence-electron chi connectivity index (χ2n) is 6.23. The summed E-state index contributed by atoms with van der Waals surface area (Å²) in [5.41, 5.74) is 1.86. The average Bonchev–Trinajstić information content (AvgIpc) is 3.14. The summed E-state index contributed by atoms with van der Waals surface area (Å²) in [7, 11) is 0. The summed E-state index contributed by atoms with van der Waals surface area (Å²) in [6.07, 6.45) is 5.45. The van der Waals surface area contributed by atoms with Gasteiger partial charge in [-0.2, -0.15) is 5.10 Å². The van der Waals surface area contributed by atoms with Crippen molar-refractivity contribution >= 4 is 17.5 Å². The van der Waals surface area contributed by atoms with Gasteiger partial charge in [-0.25, -0.2) is 4.68 Å². The number of rotatable bonds is 5. The predicted octanol–water partition coefficient (Wildman–Crippen LogP) is 1.41. The number of nitrogens with zero attached hydrogens (tertiary/aromatic N) is 3. The summed E-state index contributed by atoms with van der Waals surface area (Å²) >= 11 is 0. The highest BCUT2D eigenvalue weighted by Gasteiger charge is 2.23. The first-order valence-electron chi connectivity index (χ1n) is 8.50. The van der Waals surface area contributed by atoms with Gasteiger partial charge in [0.15, 0.2) is 0 Å². The lowest BCUT2D eigenvalue weighted by Crippen LogP contribution is -2.50. The van der Waals surface area contributed by atoms with Crippen LogP contribution >= 0.6 is 0 Å². The molecule has 7 nitrogen and oxygen atoms in total. The fraction of sp³-hybridized carbons (Fsp3) is 0.389. The van der Waals surface area contributed by atoms with Crippen molar-refractivity contribution in [2.24, 2.45) is 0 Å². The lowest BCUT2D eigenvalue weighted by molar-refractivity contribution is -0.131. The minimum atomic E-state index is -0.0466. The Morgan fingerprint density at radius 1 is 1.28 bits per heavy atom. The van der Waals surface area contributed by atoms with E-state index in [2.05, 4.69) is 15.7 Å². The number of amides is 2. The second-order valence-corrected chi connectivity index (χ2v) is 6.23. The number of benzene rings is 1. The molecule has 1 aromatic carbocycles. The van der Waals surface area contributed by atoms with E-state index in [-0.39, 0.29) is 24.4 Å². The minimum absolute atomic E-state index is 0.0466. The Morgan fingerprint density at radius 2 is 2.08 bits per heavy atom. The Kier molecular flexibility index (Phi) is 5.33. The number of hydrogen-bond acceptors (Lipinski definition) is 4. The molecule has 0 saturated carbocycles. The van der Waals surface area contributed by atoms with Crippen LogP contribution in [0.4, 0.5) is 5.69 Å². The van der Waals surface area contributed by atoms with Crippen LogP contribution < -0.4 is 10.6 Å². The molecular weight excluding hydrogens is 318 g/mol. The van der Waals surface area contributed by atoms with E-state index in [0.717, 1.165) is 30.8 Å². The zero-order chi connectivity index (χ0) is 17.6. The Balaban J connectivity index is 1.51. The molecule has 1 aliphatic heterocycles. The van der Waals surface area contributed by atoms with Gasteiger partial charge in [-0.15, -0.1) is 0 Å². The summed E-state index contributed by atoms with van der Waals surface area (Å²) in [5.74, 6) is 0.000834. The lowest BCUT2D eigenvalue weighted by atomic mass is 10.1. The maximum atomic E-state index is 12.4. The van der Waals surface area contributed by atoms with Gasteiger partial charge in [-0.3, -0.25) is 9.59 Å². The van der Waals surface area contributed by atoms with Crippen LogP contribution in [0, 0.1) is 0 Å². The lowest BCUT2D eigenvalue weighted by Gasteiger charge is -2.33. The fourth-order valence-corrected chi connectivity index (χ4v) is 3.05. The van der Waals surface area contributed by atoms with Gasteiger partial charge in [-0.05, 0) is 43.2 Å². The van der Waals surface area contributed by atoms with Crippen molar-refractivity contribution < 1.29 is 9.59 Å². The van der Waals surface area contributed by atoms with Gasteiger partial charge in [0, 0.05) is 44.1 Å². The van der Waals surface area contributed by atoms with Crippen LogP contribution in [0.5, 0.6) is 0 Å². The Morgan fingerprint density at radius 3 is 2.76 bits per heavy atom. The largest absolute Gasteiger partial charge is 0.376 e. The fourth-order valence-electron chi connectivity index (χ4n) is 3.05. The molecule has 7 heteroatoms. The van der Waals surface area contributed by atoms with Crippen LogP contribution in [0.1, 0.15) is 19.8 Å². The van der Waals surface area contributed by atoms with Crippen LogP contribution in [-0.4, -0.2) is 52.2 Å². The third kappa shape index (κ3) is 4.59. The van der Waals surface area contributed by atoms with E-state index in [1.54, 1.807) is 10.9 Å². The highest BCUT2D eigenvalue weighted by Crippen LogP contribution is 2.14. The second kappa shape index (κ2) is 7.83. The molecule has 1 aromatic heterocycles. The van der Waals surface area contributed by atoms with E-state index < -0.39 is 0 Å². The summed E-state index contributed by atoms with van der Waals surface area (Å²) in [4.78, 5) is 25.4. The molecule has 1 atom stereocenters. The molecular formula is C18H23N5O2. The quantitative estimate of drug-likeness (QED) is 0.862. The van der Waals surface area contributed by atoms with Crippen molar-refractivity contribution in [3.8, 4) is 5.69 Å². The molecule has 25 heavy (non-hydrogen) atoms. The summed E-state index contributed by atoms with van der Waals surface area (Å²) < 4.78 is 1.78. The van der Waals surface area contributed by atoms with Crippen molar-refractivity contribution in [2.45, 2.75) is 25.8 Å². The van der Waals surface area contributed by atoms with Crippen LogP contribution in [0.25, 0.3) is 5.69 Å². The van der Waals surface area contributed by atoms with Crippen LogP contribution in [0.15, 0.2) is 42.7 Å². The molecule has 0 radical (unpaired) electrons. The van der Waals surface area contributed by atoms with Gasteiger partial charge in [-0.1, -0.05) is 0 Å². The van der Waals surface area contributed by atoms with E-state index in [1.165, 1.54) is 6.92 Å². The van der Waals surface area contributed by atoms with Gasteiger partial charge >= 0.3 is 0 Å². The third-order valence-electron chi connectivity index (χ3n) is 4.26. The normalized spacial score (nSPS) is 17.2. The molecule has 1 fully saturated rings. The smallest absolute Gasteiger partial charge is 0.241 e. The Bertz CT molecular complexity index is 712. The van der Waals surface area contributed by atoms with Crippen LogP contribution in [0.3, 0.4) is 0 Å². The van der Waals surface area contributed by atoms with Crippen LogP contribution in [-0.2, 0) is 9.59 Å². The molecule has 2 amide bonds. The predicted molar refractivity (Wildman–Crippen MR) is 95.5 cm³/mol. The summed E-state index contributed by atoms with van der Waals surface area (Å²) in [6, 6.07) is 9.70. The van der Waals surface area contributed by atoms with Gasteiger partial charge < -0.3 is 15.5 Å². The summed E-state index contributed by atoms with van der Waals surface area (Å²) in [5, 5.41) is 10.2. The van der Waals surface area contributed by atoms with Gasteiger partial charge in [0.1, 0.15) is 0 Å². The van der Waals surface area contributed by atoms with Crippen molar-refractivity contribution in [1.82, 2.24) is 20.0 Å². The highest BCUT2D eigenvalue weighted by atomic mass is 16.2. The van der Waals surface area contributed by atoms with Gasteiger partial charge in [0.05, 0.1) is 12.2 Å². The standard InChI is InChI=1S/C18H23N5O2/c1-14(24)21-16-4-2-10-22(13-16)18(25)12-19-15-5-7-17(8-6-15)23-11-3-9-20-23/h3,5-9,11,16,19H,2,4,10,12-13H2,1H3,(H,21,24)/t16-/m0/s1. The van der Waals surface area contributed by atoms with E-state index in [1.807, 2.05) is 41.4 Å². The first-order valence-corrected chi connectivity index (χ1v) is 8.50. The molecule has 0 spiro atoms. The zero-order valence-corrected chi connectivity index (χ0v) is 14.3. The van der Waals surface area contributed by atoms with E-state index in [9.17, 15) is 9.59 Å². The molecule has 3 rings (SSSR count). The zero-order valence-electron chi connectivity index (χ0n) is 14.3. The number of carbonyl (C=O) groups excluding carboxylic acids is 2. The molecule has 2 heterocycles. The maximum Gasteiger partial charge on any atom is 0.241 e. The highest BCUT2D eigenvalue weighted by molar-refractivity contribution is 5.81. The molecule has 0 bridgehead atoms. The average molecular weight is 341 g/mol. The molecule has 132 valence electrons. The number of anilines is 1. The Labute approximate surface area is 147 Å². The van der Waals surface area contributed by atoms with E-state index in [0.29, 0.717) is 6.54 Å². The summed E-state index contributed by atoms with van der Waals surface area (Å²) in [6.45, 7) is 3.08. The van der Waals surface area contributed by atoms with Crippen molar-refractivity contribution in [3.05, 3.63) is 42.7 Å². The molecule has 2 N–H and O–H groups in total. The first-order chi connectivity index (χ1) is 12.1. The molecule has 2 aromatic rings. The number of hydrogen-bond donors (Lipinski definition) is 2. The first kappa shape index (κ1) is 17.0. The molecule has 0 unspecified atom stereocenters. The number of piperidine rings is 1. The number of carbonyl (C=O) groups is 2. The van der Waals surface area contributed by atoms with E-state index >= 15 is 0 Å². The Hall–Kier alpha value is -2.83. The molecule has 1 saturated heterocycles.